The molecule has 0 aliphatic carbocycles. The molecule has 0 aliphatic heterocycles. The first-order valence-corrected chi connectivity index (χ1v) is 6.30. The molecular weight excluding hydrogens is 314 g/mol. The molecule has 2 rings (SSSR count). The number of nitrogens with one attached hydrogen (secondary N) is 1. The molecule has 0 radical (unpaired) electrons. The summed E-state index contributed by atoms with van der Waals surface area (Å²) in [6.07, 6.45) is 0. The van der Waals surface area contributed by atoms with E-state index in [4.69, 9.17) is 0 Å². The standard InChI is InChI=1S/C11H12BrN5O2/c1-6-10(12)7(2)16(15-6)11-8(17(18)19)4-5-9(13-3)14-11/h4-5H,1-3H3,(H,13,14). The van der Waals surface area contributed by atoms with Crippen LogP contribution in [-0.4, -0.2) is 26.7 Å². The van der Waals surface area contributed by atoms with E-state index in [9.17, 15) is 10.1 Å². The van der Waals surface area contributed by atoms with Crippen molar-refractivity contribution in [3.05, 3.63) is 38.1 Å². The van der Waals surface area contributed by atoms with Gasteiger partial charge in [0.2, 0.25) is 5.82 Å². The third-order valence-corrected chi connectivity index (χ3v) is 3.86. The molecular formula is C11H12BrN5O2. The highest BCUT2D eigenvalue weighted by molar-refractivity contribution is 9.10. The Hall–Kier alpha value is -1.96. The van der Waals surface area contributed by atoms with Crippen LogP contribution in [0.3, 0.4) is 0 Å². The lowest BCUT2D eigenvalue weighted by molar-refractivity contribution is -0.384. The number of aromatic nitrogens is 3. The van der Waals surface area contributed by atoms with Crippen molar-refractivity contribution in [2.75, 3.05) is 12.4 Å². The van der Waals surface area contributed by atoms with Crippen molar-refractivity contribution < 1.29 is 4.92 Å². The Morgan fingerprint density at radius 2 is 2.11 bits per heavy atom. The largest absolute Gasteiger partial charge is 0.373 e. The molecule has 0 saturated heterocycles. The summed E-state index contributed by atoms with van der Waals surface area (Å²) >= 11 is 3.40. The van der Waals surface area contributed by atoms with Gasteiger partial charge in [-0.2, -0.15) is 5.10 Å². The van der Waals surface area contributed by atoms with E-state index in [2.05, 4.69) is 31.3 Å². The van der Waals surface area contributed by atoms with Crippen molar-refractivity contribution >= 4 is 27.4 Å². The first kappa shape index (κ1) is 13.5. The Morgan fingerprint density at radius 1 is 1.42 bits per heavy atom. The monoisotopic (exact) mass is 325 g/mol. The van der Waals surface area contributed by atoms with Crippen molar-refractivity contribution in [1.29, 1.82) is 0 Å². The van der Waals surface area contributed by atoms with Gasteiger partial charge < -0.3 is 5.32 Å². The summed E-state index contributed by atoms with van der Waals surface area (Å²) in [4.78, 5) is 14.8. The van der Waals surface area contributed by atoms with Gasteiger partial charge in [0.1, 0.15) is 5.82 Å². The second-order valence-corrected chi connectivity index (χ2v) is 4.74. The molecule has 0 unspecified atom stereocenters. The molecule has 2 heterocycles. The number of aryl methyl sites for hydroxylation is 1. The molecule has 0 bridgehead atoms. The smallest absolute Gasteiger partial charge is 0.313 e. The average Bonchev–Trinajstić information content (AvgIpc) is 2.65. The Bertz CT molecular complexity index is 653. The summed E-state index contributed by atoms with van der Waals surface area (Å²) < 4.78 is 2.29. The molecule has 8 heteroatoms. The maximum Gasteiger partial charge on any atom is 0.313 e. The van der Waals surface area contributed by atoms with Crippen LogP contribution in [0, 0.1) is 24.0 Å². The molecule has 100 valence electrons. The summed E-state index contributed by atoms with van der Waals surface area (Å²) in [5.41, 5.74) is 1.43. The number of halogens is 1. The van der Waals surface area contributed by atoms with Gasteiger partial charge in [0, 0.05) is 13.1 Å². The van der Waals surface area contributed by atoms with E-state index in [1.807, 2.05) is 13.8 Å². The maximum atomic E-state index is 11.1. The lowest BCUT2D eigenvalue weighted by Gasteiger charge is -2.06. The molecule has 0 spiro atoms. The number of anilines is 1. The van der Waals surface area contributed by atoms with Crippen LogP contribution in [0.1, 0.15) is 11.4 Å². The summed E-state index contributed by atoms with van der Waals surface area (Å²) in [5.74, 6) is 0.743. The fraction of sp³-hybridized carbons (Fsp3) is 0.273. The second-order valence-electron chi connectivity index (χ2n) is 3.94. The first-order valence-electron chi connectivity index (χ1n) is 5.51. The topological polar surface area (TPSA) is 85.9 Å². The second kappa shape index (κ2) is 4.96. The van der Waals surface area contributed by atoms with E-state index in [1.165, 1.54) is 10.7 Å². The highest BCUT2D eigenvalue weighted by Crippen LogP contribution is 2.27. The number of rotatable bonds is 3. The Morgan fingerprint density at radius 3 is 2.58 bits per heavy atom. The van der Waals surface area contributed by atoms with Crippen LogP contribution >= 0.6 is 15.9 Å². The third-order valence-electron chi connectivity index (χ3n) is 2.71. The van der Waals surface area contributed by atoms with E-state index in [0.29, 0.717) is 5.82 Å². The molecule has 0 saturated carbocycles. The van der Waals surface area contributed by atoms with Gasteiger partial charge in [-0.05, 0) is 35.8 Å². The molecule has 0 aliphatic rings. The summed E-state index contributed by atoms with van der Waals surface area (Å²) in [6, 6.07) is 2.97. The number of nitro groups is 1. The van der Waals surface area contributed by atoms with E-state index in [1.54, 1.807) is 13.1 Å². The van der Waals surface area contributed by atoms with E-state index in [-0.39, 0.29) is 11.5 Å². The van der Waals surface area contributed by atoms with Crippen molar-refractivity contribution in [2.45, 2.75) is 13.8 Å². The minimum absolute atomic E-state index is 0.0860. The predicted molar refractivity (Wildman–Crippen MR) is 74.7 cm³/mol. The zero-order valence-electron chi connectivity index (χ0n) is 10.6. The number of pyridine rings is 1. The molecule has 1 N–H and O–H groups in total. The fourth-order valence-corrected chi connectivity index (χ4v) is 1.96. The van der Waals surface area contributed by atoms with Crippen molar-refractivity contribution in [3.8, 4) is 5.82 Å². The van der Waals surface area contributed by atoms with Gasteiger partial charge >= 0.3 is 5.69 Å². The quantitative estimate of drug-likeness (QED) is 0.692. The fourth-order valence-electron chi connectivity index (χ4n) is 1.71. The van der Waals surface area contributed by atoms with Crippen molar-refractivity contribution in [2.24, 2.45) is 0 Å². The third kappa shape index (κ3) is 2.30. The SMILES string of the molecule is CNc1ccc([N+](=O)[O-])c(-n2nc(C)c(Br)c2C)n1. The van der Waals surface area contributed by atoms with Gasteiger partial charge in [-0.25, -0.2) is 9.67 Å². The van der Waals surface area contributed by atoms with E-state index < -0.39 is 4.92 Å². The molecule has 0 amide bonds. The van der Waals surface area contributed by atoms with Gasteiger partial charge in [-0.15, -0.1) is 0 Å². The summed E-state index contributed by atoms with van der Waals surface area (Å²) in [5, 5.41) is 18.2. The zero-order chi connectivity index (χ0) is 14.2. The van der Waals surface area contributed by atoms with E-state index >= 15 is 0 Å². The van der Waals surface area contributed by atoms with Crippen molar-refractivity contribution in [1.82, 2.24) is 14.8 Å². The highest BCUT2D eigenvalue weighted by atomic mass is 79.9. The van der Waals surface area contributed by atoms with Gasteiger partial charge in [0.25, 0.3) is 0 Å². The molecule has 19 heavy (non-hydrogen) atoms. The van der Waals surface area contributed by atoms with Crippen LogP contribution in [0.2, 0.25) is 0 Å². The van der Waals surface area contributed by atoms with Gasteiger partial charge in [-0.1, -0.05) is 0 Å². The molecule has 0 fully saturated rings. The van der Waals surface area contributed by atoms with Crippen molar-refractivity contribution in [3.63, 3.8) is 0 Å². The van der Waals surface area contributed by atoms with Crippen LogP contribution in [0.25, 0.3) is 5.82 Å². The Labute approximate surface area is 117 Å². The van der Waals surface area contributed by atoms with Gasteiger partial charge in [0.15, 0.2) is 0 Å². The van der Waals surface area contributed by atoms with Crippen LogP contribution in [0.4, 0.5) is 11.5 Å². The Kier molecular flexibility index (Phi) is 3.52. The summed E-state index contributed by atoms with van der Waals surface area (Å²) in [7, 11) is 1.70. The molecule has 0 atom stereocenters. The first-order chi connectivity index (χ1) is 8.95. The van der Waals surface area contributed by atoms with Gasteiger partial charge in [-0.3, -0.25) is 10.1 Å². The molecule has 2 aromatic heterocycles. The molecule has 2 aromatic rings. The molecule has 7 nitrogen and oxygen atoms in total. The summed E-state index contributed by atoms with van der Waals surface area (Å²) in [6.45, 7) is 3.64. The lowest BCUT2D eigenvalue weighted by atomic mass is 10.3. The lowest BCUT2D eigenvalue weighted by Crippen LogP contribution is -2.08. The minimum Gasteiger partial charge on any atom is -0.373 e. The minimum atomic E-state index is -0.466. The maximum absolute atomic E-state index is 11.1. The number of nitrogens with zero attached hydrogens (tertiary/aromatic N) is 4. The highest BCUT2D eigenvalue weighted by Gasteiger charge is 2.21. The van der Waals surface area contributed by atoms with Crippen LogP contribution in [-0.2, 0) is 0 Å². The van der Waals surface area contributed by atoms with Crippen LogP contribution < -0.4 is 5.32 Å². The van der Waals surface area contributed by atoms with E-state index in [0.717, 1.165) is 15.9 Å². The zero-order valence-corrected chi connectivity index (χ0v) is 12.2. The van der Waals surface area contributed by atoms with Crippen LogP contribution in [0.15, 0.2) is 16.6 Å². The normalized spacial score (nSPS) is 10.5. The molecule has 0 aromatic carbocycles. The number of hydrogen-bond acceptors (Lipinski definition) is 5. The predicted octanol–water partition coefficient (Wildman–Crippen LogP) is 2.60. The average molecular weight is 326 g/mol. The number of hydrogen-bond donors (Lipinski definition) is 1. The van der Waals surface area contributed by atoms with Gasteiger partial charge in [0.05, 0.1) is 20.8 Å². The van der Waals surface area contributed by atoms with Crippen LogP contribution in [0.5, 0.6) is 0 Å². The Balaban J connectivity index is 2.71.